The molecule has 2 aliphatic rings. The smallest absolute Gasteiger partial charge is 0.231 e. The Morgan fingerprint density at radius 3 is 2.48 bits per heavy atom. The SMILES string of the molecule is O=C[C@@H]1[C@@H](c2ccc3c(c2)OCO3)[C@@H]1S(=O)(=O)c1ccccc1. The quantitative estimate of drug-likeness (QED) is 0.804. The number of rotatable bonds is 4. The lowest BCUT2D eigenvalue weighted by Gasteiger charge is -2.04. The predicted octanol–water partition coefficient (Wildman–Crippen LogP) is 2.17. The first-order valence-electron chi connectivity index (χ1n) is 7.27. The van der Waals surface area contributed by atoms with Gasteiger partial charge in [0.25, 0.3) is 0 Å². The monoisotopic (exact) mass is 330 g/mol. The van der Waals surface area contributed by atoms with Crippen molar-refractivity contribution >= 4 is 16.1 Å². The van der Waals surface area contributed by atoms with Crippen LogP contribution in [0.25, 0.3) is 0 Å². The van der Waals surface area contributed by atoms with Gasteiger partial charge in [-0.1, -0.05) is 24.3 Å². The molecule has 5 nitrogen and oxygen atoms in total. The third kappa shape index (κ3) is 2.21. The van der Waals surface area contributed by atoms with Gasteiger partial charge < -0.3 is 14.3 Å². The number of hydrogen-bond acceptors (Lipinski definition) is 5. The van der Waals surface area contributed by atoms with E-state index in [1.54, 1.807) is 48.5 Å². The van der Waals surface area contributed by atoms with Crippen LogP contribution in [0.2, 0.25) is 0 Å². The molecule has 1 heterocycles. The van der Waals surface area contributed by atoms with Crippen LogP contribution >= 0.6 is 0 Å². The Bertz CT molecular complexity index is 860. The van der Waals surface area contributed by atoms with Crippen LogP contribution in [0.3, 0.4) is 0 Å². The van der Waals surface area contributed by atoms with Gasteiger partial charge in [-0.25, -0.2) is 8.42 Å². The number of carbonyl (C=O) groups is 1. The fraction of sp³-hybridized carbons (Fsp3) is 0.235. The van der Waals surface area contributed by atoms with Crippen molar-refractivity contribution in [3.8, 4) is 11.5 Å². The zero-order valence-corrected chi connectivity index (χ0v) is 12.9. The molecule has 0 unspecified atom stereocenters. The maximum absolute atomic E-state index is 12.8. The van der Waals surface area contributed by atoms with Gasteiger partial charge in [0.05, 0.1) is 10.1 Å². The Labute approximate surface area is 133 Å². The van der Waals surface area contributed by atoms with E-state index in [9.17, 15) is 13.2 Å². The molecule has 1 aliphatic heterocycles. The highest BCUT2D eigenvalue weighted by Crippen LogP contribution is 2.54. The first-order valence-corrected chi connectivity index (χ1v) is 8.81. The third-order valence-corrected chi connectivity index (χ3v) is 6.63. The molecular formula is C17H14O5S. The van der Waals surface area contributed by atoms with Gasteiger partial charge in [0.1, 0.15) is 6.29 Å². The lowest BCUT2D eigenvalue weighted by atomic mass is 10.1. The maximum atomic E-state index is 12.8. The molecule has 0 N–H and O–H groups in total. The van der Waals surface area contributed by atoms with Gasteiger partial charge in [-0.15, -0.1) is 0 Å². The number of hydrogen-bond donors (Lipinski definition) is 0. The van der Waals surface area contributed by atoms with Crippen LogP contribution in [-0.2, 0) is 14.6 Å². The van der Waals surface area contributed by atoms with E-state index in [1.807, 2.05) is 0 Å². The molecule has 0 saturated heterocycles. The molecule has 1 saturated carbocycles. The molecular weight excluding hydrogens is 316 g/mol. The van der Waals surface area contributed by atoms with Crippen LogP contribution in [0.1, 0.15) is 11.5 Å². The lowest BCUT2D eigenvalue weighted by Crippen LogP contribution is -2.10. The van der Waals surface area contributed by atoms with Gasteiger partial charge in [-0.2, -0.15) is 0 Å². The summed E-state index contributed by atoms with van der Waals surface area (Å²) in [6.45, 7) is 0.159. The van der Waals surface area contributed by atoms with Gasteiger partial charge in [-0.3, -0.25) is 0 Å². The van der Waals surface area contributed by atoms with Crippen molar-refractivity contribution in [1.29, 1.82) is 0 Å². The van der Waals surface area contributed by atoms with E-state index < -0.39 is 21.0 Å². The van der Waals surface area contributed by atoms with E-state index in [4.69, 9.17) is 9.47 Å². The van der Waals surface area contributed by atoms with Gasteiger partial charge in [0.15, 0.2) is 21.3 Å². The fourth-order valence-corrected chi connectivity index (χ4v) is 5.30. The summed E-state index contributed by atoms with van der Waals surface area (Å²) in [7, 11) is -3.54. The number of carbonyl (C=O) groups excluding carboxylic acids is 1. The maximum Gasteiger partial charge on any atom is 0.231 e. The molecule has 2 aromatic carbocycles. The molecule has 1 fully saturated rings. The average Bonchev–Trinajstić information content (AvgIpc) is 3.15. The van der Waals surface area contributed by atoms with Crippen LogP contribution < -0.4 is 9.47 Å². The van der Waals surface area contributed by atoms with Crippen LogP contribution in [0.5, 0.6) is 11.5 Å². The summed E-state index contributed by atoms with van der Waals surface area (Å²) in [4.78, 5) is 11.6. The second-order valence-corrected chi connectivity index (χ2v) is 7.78. The molecule has 6 heteroatoms. The van der Waals surface area contributed by atoms with Crippen molar-refractivity contribution in [1.82, 2.24) is 0 Å². The van der Waals surface area contributed by atoms with Crippen molar-refractivity contribution in [3.63, 3.8) is 0 Å². The summed E-state index contributed by atoms with van der Waals surface area (Å²) in [5, 5.41) is -0.720. The Morgan fingerprint density at radius 2 is 1.74 bits per heavy atom. The Kier molecular flexibility index (Phi) is 3.16. The van der Waals surface area contributed by atoms with E-state index in [0.717, 1.165) is 11.8 Å². The van der Waals surface area contributed by atoms with Crippen LogP contribution in [0.15, 0.2) is 53.4 Å². The Balaban J connectivity index is 1.70. The van der Waals surface area contributed by atoms with Crippen molar-refractivity contribution in [2.45, 2.75) is 16.1 Å². The zero-order valence-electron chi connectivity index (χ0n) is 12.1. The molecule has 118 valence electrons. The Hall–Kier alpha value is -2.34. The number of ether oxygens (including phenoxy) is 2. The third-order valence-electron chi connectivity index (χ3n) is 4.38. The van der Waals surface area contributed by atoms with Crippen LogP contribution in [0, 0.1) is 5.92 Å². The average molecular weight is 330 g/mol. The highest BCUT2D eigenvalue weighted by atomic mass is 32.2. The van der Waals surface area contributed by atoms with Crippen LogP contribution in [0.4, 0.5) is 0 Å². The minimum atomic E-state index is -3.54. The molecule has 1 aliphatic carbocycles. The summed E-state index contributed by atoms with van der Waals surface area (Å²) >= 11 is 0. The molecule has 23 heavy (non-hydrogen) atoms. The predicted molar refractivity (Wildman–Crippen MR) is 82.3 cm³/mol. The van der Waals surface area contributed by atoms with Crippen molar-refractivity contribution in [3.05, 3.63) is 54.1 Å². The molecule has 0 amide bonds. The lowest BCUT2D eigenvalue weighted by molar-refractivity contribution is -0.108. The highest BCUT2D eigenvalue weighted by molar-refractivity contribution is 7.92. The first-order chi connectivity index (χ1) is 11.1. The minimum Gasteiger partial charge on any atom is -0.454 e. The molecule has 0 radical (unpaired) electrons. The molecule has 4 rings (SSSR count). The van der Waals surface area contributed by atoms with E-state index >= 15 is 0 Å². The first kappa shape index (κ1) is 14.3. The van der Waals surface area contributed by atoms with Gasteiger partial charge >= 0.3 is 0 Å². The number of sulfone groups is 1. The number of fused-ring (bicyclic) bond motifs is 1. The molecule has 3 atom stereocenters. The van der Waals surface area contributed by atoms with Crippen molar-refractivity contribution in [2.75, 3.05) is 6.79 Å². The summed E-state index contributed by atoms with van der Waals surface area (Å²) in [6, 6.07) is 13.6. The number of aldehydes is 1. The summed E-state index contributed by atoms with van der Waals surface area (Å²) < 4.78 is 36.1. The fourth-order valence-electron chi connectivity index (χ4n) is 3.17. The van der Waals surface area contributed by atoms with E-state index in [-0.39, 0.29) is 17.6 Å². The largest absolute Gasteiger partial charge is 0.454 e. The minimum absolute atomic E-state index is 0.159. The molecule has 0 aromatic heterocycles. The topological polar surface area (TPSA) is 69.7 Å². The van der Waals surface area contributed by atoms with Crippen molar-refractivity contribution in [2.24, 2.45) is 5.92 Å². The summed E-state index contributed by atoms with van der Waals surface area (Å²) in [5.41, 5.74) is 0.788. The van der Waals surface area contributed by atoms with Gasteiger partial charge in [0.2, 0.25) is 6.79 Å². The normalized spacial score (nSPS) is 25.1. The second-order valence-electron chi connectivity index (χ2n) is 5.67. The van der Waals surface area contributed by atoms with E-state index in [2.05, 4.69) is 0 Å². The van der Waals surface area contributed by atoms with E-state index in [1.165, 1.54) is 0 Å². The van der Waals surface area contributed by atoms with Crippen LogP contribution in [-0.4, -0.2) is 26.7 Å². The molecule has 2 aromatic rings. The van der Waals surface area contributed by atoms with Crippen molar-refractivity contribution < 1.29 is 22.7 Å². The van der Waals surface area contributed by atoms with Gasteiger partial charge in [0, 0.05) is 11.8 Å². The van der Waals surface area contributed by atoms with E-state index in [0.29, 0.717) is 11.5 Å². The molecule has 0 bridgehead atoms. The summed E-state index contributed by atoms with van der Waals surface area (Å²) in [5.74, 6) is 0.363. The Morgan fingerprint density at radius 1 is 1.00 bits per heavy atom. The zero-order chi connectivity index (χ0) is 16.0. The highest BCUT2D eigenvalue weighted by Gasteiger charge is 2.59. The van der Waals surface area contributed by atoms with Gasteiger partial charge in [-0.05, 0) is 29.8 Å². The second kappa shape index (κ2) is 5.09. The molecule has 0 spiro atoms. The standard InChI is InChI=1S/C17H14O5S/c18-9-13-16(11-6-7-14-15(8-11)22-10-21-14)17(13)23(19,20)12-4-2-1-3-5-12/h1-9,13,16-17H,10H2/t13-,16-,17-/m1/s1. The summed E-state index contributed by atoms with van der Waals surface area (Å²) in [6.07, 6.45) is 0.737. The number of benzene rings is 2.